The van der Waals surface area contributed by atoms with Gasteiger partial charge < -0.3 is 25.2 Å². The Balaban J connectivity index is 1.59. The van der Waals surface area contributed by atoms with Crippen LogP contribution in [0.1, 0.15) is 27.7 Å². The predicted octanol–water partition coefficient (Wildman–Crippen LogP) is 2.69. The maximum atomic E-state index is 12.8. The molecule has 0 radical (unpaired) electrons. The number of carbonyl (C=O) groups is 3. The number of piperazine rings is 1. The van der Waals surface area contributed by atoms with Crippen LogP contribution < -0.4 is 15.5 Å². The zero-order valence-electron chi connectivity index (χ0n) is 17.4. The van der Waals surface area contributed by atoms with Crippen LogP contribution in [0.15, 0.2) is 24.3 Å². The number of benzene rings is 1. The minimum Gasteiger partial charge on any atom is -0.444 e. The Labute approximate surface area is 171 Å². The molecule has 0 spiro atoms. The maximum Gasteiger partial charge on any atom is 0.410 e. The molecule has 5 amide bonds. The molecule has 2 saturated heterocycles. The molecule has 1 aromatic carbocycles. The largest absolute Gasteiger partial charge is 0.444 e. The third-order valence-electron chi connectivity index (χ3n) is 4.81. The normalized spacial score (nSPS) is 19.8. The number of urea groups is 2. The average molecular weight is 403 g/mol. The van der Waals surface area contributed by atoms with E-state index in [1.165, 1.54) is 0 Å². The topological polar surface area (TPSA) is 94.2 Å². The van der Waals surface area contributed by atoms with Crippen LogP contribution in [0.4, 0.5) is 25.8 Å². The highest BCUT2D eigenvalue weighted by Gasteiger charge is 2.32. The fourth-order valence-corrected chi connectivity index (χ4v) is 3.42. The summed E-state index contributed by atoms with van der Waals surface area (Å²) in [7, 11) is 0. The van der Waals surface area contributed by atoms with Crippen molar-refractivity contribution in [2.75, 3.05) is 42.9 Å². The molecule has 2 aliphatic rings. The molecule has 9 heteroatoms. The molecule has 0 aromatic heterocycles. The lowest BCUT2D eigenvalue weighted by Gasteiger charge is -2.40. The van der Waals surface area contributed by atoms with E-state index < -0.39 is 5.60 Å². The number of nitrogens with one attached hydrogen (secondary N) is 2. The summed E-state index contributed by atoms with van der Waals surface area (Å²) < 4.78 is 5.42. The van der Waals surface area contributed by atoms with Crippen molar-refractivity contribution in [1.29, 1.82) is 0 Å². The van der Waals surface area contributed by atoms with E-state index in [0.29, 0.717) is 38.4 Å². The first-order valence-corrected chi connectivity index (χ1v) is 9.85. The molecule has 0 aliphatic carbocycles. The van der Waals surface area contributed by atoms with Crippen LogP contribution in [0.2, 0.25) is 0 Å². The third kappa shape index (κ3) is 5.10. The van der Waals surface area contributed by atoms with Gasteiger partial charge in [0.25, 0.3) is 0 Å². The minimum absolute atomic E-state index is 0.139. The molecular weight excluding hydrogens is 374 g/mol. The average Bonchev–Trinajstić information content (AvgIpc) is 3.06. The smallest absolute Gasteiger partial charge is 0.410 e. The summed E-state index contributed by atoms with van der Waals surface area (Å²) in [5.74, 6) is 0. The van der Waals surface area contributed by atoms with Gasteiger partial charge in [0.2, 0.25) is 0 Å². The molecule has 0 saturated carbocycles. The van der Waals surface area contributed by atoms with E-state index in [0.717, 1.165) is 5.69 Å². The molecule has 1 unspecified atom stereocenters. The second-order valence-electron chi connectivity index (χ2n) is 8.33. The van der Waals surface area contributed by atoms with Crippen molar-refractivity contribution in [1.82, 2.24) is 15.1 Å². The monoisotopic (exact) mass is 403 g/mol. The first-order valence-electron chi connectivity index (χ1n) is 9.85. The van der Waals surface area contributed by atoms with Crippen molar-refractivity contribution in [3.8, 4) is 0 Å². The lowest BCUT2D eigenvalue weighted by atomic mass is 10.2. The summed E-state index contributed by atoms with van der Waals surface area (Å²) in [4.78, 5) is 41.9. The van der Waals surface area contributed by atoms with Gasteiger partial charge in [0.05, 0.1) is 0 Å². The van der Waals surface area contributed by atoms with Crippen molar-refractivity contribution in [2.24, 2.45) is 0 Å². The van der Waals surface area contributed by atoms with E-state index in [4.69, 9.17) is 4.74 Å². The number of ether oxygens (including phenoxy) is 1. The molecule has 2 N–H and O–H groups in total. The SMILES string of the molecule is CC1CN(C(=O)OC(C)(C)C)CCN1C(=O)Nc1cccc(N2CCNC2=O)c1. The summed E-state index contributed by atoms with van der Waals surface area (Å²) in [6, 6.07) is 6.69. The van der Waals surface area contributed by atoms with Gasteiger partial charge in [-0.2, -0.15) is 0 Å². The quantitative estimate of drug-likeness (QED) is 0.794. The number of hydrogen-bond acceptors (Lipinski definition) is 4. The fourth-order valence-electron chi connectivity index (χ4n) is 3.42. The van der Waals surface area contributed by atoms with E-state index in [1.54, 1.807) is 32.9 Å². The van der Waals surface area contributed by atoms with Crippen molar-refractivity contribution in [3.05, 3.63) is 24.3 Å². The van der Waals surface area contributed by atoms with E-state index >= 15 is 0 Å². The summed E-state index contributed by atoms with van der Waals surface area (Å²) >= 11 is 0. The van der Waals surface area contributed by atoms with Gasteiger partial charge >= 0.3 is 18.2 Å². The second-order valence-corrected chi connectivity index (χ2v) is 8.33. The molecule has 0 bridgehead atoms. The van der Waals surface area contributed by atoms with E-state index in [-0.39, 0.29) is 24.2 Å². The molecule has 29 heavy (non-hydrogen) atoms. The summed E-state index contributed by atoms with van der Waals surface area (Å²) in [6.45, 7) is 9.85. The molecule has 2 fully saturated rings. The Hall–Kier alpha value is -2.97. The molecule has 1 atom stereocenters. The van der Waals surface area contributed by atoms with Gasteiger partial charge in [-0.3, -0.25) is 4.90 Å². The van der Waals surface area contributed by atoms with Crippen LogP contribution in [-0.4, -0.2) is 72.3 Å². The number of anilines is 2. The Morgan fingerprint density at radius 2 is 1.97 bits per heavy atom. The van der Waals surface area contributed by atoms with Crippen LogP contribution in [-0.2, 0) is 4.74 Å². The van der Waals surface area contributed by atoms with E-state index in [1.807, 2.05) is 33.8 Å². The number of nitrogens with zero attached hydrogens (tertiary/aromatic N) is 3. The highest BCUT2D eigenvalue weighted by Crippen LogP contribution is 2.22. The van der Waals surface area contributed by atoms with Crippen LogP contribution in [0.5, 0.6) is 0 Å². The van der Waals surface area contributed by atoms with Crippen molar-refractivity contribution in [2.45, 2.75) is 39.3 Å². The summed E-state index contributed by atoms with van der Waals surface area (Å²) in [5, 5.41) is 5.66. The van der Waals surface area contributed by atoms with E-state index in [2.05, 4.69) is 10.6 Å². The zero-order chi connectivity index (χ0) is 21.2. The first kappa shape index (κ1) is 20.8. The molecular formula is C20H29N5O4. The van der Waals surface area contributed by atoms with Gasteiger partial charge in [0.15, 0.2) is 0 Å². The standard InChI is InChI=1S/C20H29N5O4/c1-14-13-23(19(28)29-20(2,3)4)10-11-24(14)18(27)22-15-6-5-7-16(12-15)25-9-8-21-17(25)26/h5-7,12,14H,8-11,13H2,1-4H3,(H,21,26)(H,22,27). The number of rotatable bonds is 2. The third-order valence-corrected chi connectivity index (χ3v) is 4.81. The van der Waals surface area contributed by atoms with Crippen molar-refractivity contribution < 1.29 is 19.1 Å². The van der Waals surface area contributed by atoms with Gasteiger partial charge in [0, 0.05) is 50.1 Å². The van der Waals surface area contributed by atoms with Crippen LogP contribution in [0, 0.1) is 0 Å². The van der Waals surface area contributed by atoms with Gasteiger partial charge in [0.1, 0.15) is 5.60 Å². The summed E-state index contributed by atoms with van der Waals surface area (Å²) in [5.41, 5.74) is 0.807. The number of hydrogen-bond donors (Lipinski definition) is 2. The molecule has 1 aromatic rings. The van der Waals surface area contributed by atoms with Gasteiger partial charge in [-0.1, -0.05) is 6.07 Å². The van der Waals surface area contributed by atoms with Gasteiger partial charge in [-0.25, -0.2) is 14.4 Å². The van der Waals surface area contributed by atoms with Crippen LogP contribution in [0.3, 0.4) is 0 Å². The Kier molecular flexibility index (Phi) is 5.86. The Morgan fingerprint density at radius 3 is 2.59 bits per heavy atom. The number of carbonyl (C=O) groups excluding carboxylic acids is 3. The van der Waals surface area contributed by atoms with Crippen LogP contribution in [0.25, 0.3) is 0 Å². The Morgan fingerprint density at radius 1 is 1.21 bits per heavy atom. The zero-order valence-corrected chi connectivity index (χ0v) is 17.4. The van der Waals surface area contributed by atoms with Crippen molar-refractivity contribution in [3.63, 3.8) is 0 Å². The molecule has 2 heterocycles. The molecule has 9 nitrogen and oxygen atoms in total. The summed E-state index contributed by atoms with van der Waals surface area (Å²) in [6.07, 6.45) is -0.360. The lowest BCUT2D eigenvalue weighted by molar-refractivity contribution is 0.0112. The molecule has 158 valence electrons. The van der Waals surface area contributed by atoms with Crippen molar-refractivity contribution >= 4 is 29.5 Å². The molecule has 2 aliphatic heterocycles. The molecule has 3 rings (SSSR count). The van der Waals surface area contributed by atoms with Crippen LogP contribution >= 0.6 is 0 Å². The van der Waals surface area contributed by atoms with Gasteiger partial charge in [-0.05, 0) is 45.9 Å². The minimum atomic E-state index is -0.550. The van der Waals surface area contributed by atoms with Gasteiger partial charge in [-0.15, -0.1) is 0 Å². The fraction of sp³-hybridized carbons (Fsp3) is 0.550. The lowest BCUT2D eigenvalue weighted by Crippen LogP contribution is -2.57. The van der Waals surface area contributed by atoms with E-state index in [9.17, 15) is 14.4 Å². The first-order chi connectivity index (χ1) is 13.6. The predicted molar refractivity (Wildman–Crippen MR) is 110 cm³/mol. The highest BCUT2D eigenvalue weighted by molar-refractivity contribution is 5.96. The second kappa shape index (κ2) is 8.18. The number of amides is 5. The highest BCUT2D eigenvalue weighted by atomic mass is 16.6. The maximum absolute atomic E-state index is 12.8. The Bertz CT molecular complexity index is 791.